The summed E-state index contributed by atoms with van der Waals surface area (Å²) >= 11 is 0. The van der Waals surface area contributed by atoms with Gasteiger partial charge in [0, 0.05) is 24.6 Å². The maximum Gasteiger partial charge on any atom is 0.269 e. The predicted molar refractivity (Wildman–Crippen MR) is 95.7 cm³/mol. The van der Waals surface area contributed by atoms with Gasteiger partial charge in [-0.05, 0) is 36.6 Å². The standard InChI is InChI=1S/C19H18FN5O2/c20-13-5-3-11(4-6-13)16(23-19(27)15-7-8-21-25-15)9-14-10-17(26)24-18(22-14)12-1-2-12/h3-8,10,12,16H,1-2,9H2,(H,21,25)(H,23,27)(H,22,24,26). The molecule has 0 aliphatic heterocycles. The van der Waals surface area contributed by atoms with E-state index in [1.54, 1.807) is 18.2 Å². The Bertz CT molecular complexity index is 994. The second-order valence-corrected chi connectivity index (χ2v) is 6.65. The molecule has 27 heavy (non-hydrogen) atoms. The Morgan fingerprint density at radius 3 is 2.70 bits per heavy atom. The maximum absolute atomic E-state index is 13.3. The van der Waals surface area contributed by atoms with Crippen LogP contribution < -0.4 is 10.9 Å². The van der Waals surface area contributed by atoms with Gasteiger partial charge >= 0.3 is 0 Å². The molecule has 7 nitrogen and oxygen atoms in total. The van der Waals surface area contributed by atoms with E-state index in [1.165, 1.54) is 24.4 Å². The number of aromatic amines is 2. The van der Waals surface area contributed by atoms with E-state index in [4.69, 9.17) is 0 Å². The molecule has 1 aromatic carbocycles. The van der Waals surface area contributed by atoms with Gasteiger partial charge in [0.15, 0.2) is 0 Å². The molecule has 2 heterocycles. The first-order valence-corrected chi connectivity index (χ1v) is 8.74. The average molecular weight is 367 g/mol. The first kappa shape index (κ1) is 17.1. The van der Waals surface area contributed by atoms with Gasteiger partial charge in [0.2, 0.25) is 0 Å². The highest BCUT2D eigenvalue weighted by molar-refractivity contribution is 5.92. The van der Waals surface area contributed by atoms with Crippen molar-refractivity contribution in [3.63, 3.8) is 0 Å². The van der Waals surface area contributed by atoms with Gasteiger partial charge in [0.1, 0.15) is 17.3 Å². The summed E-state index contributed by atoms with van der Waals surface area (Å²) in [7, 11) is 0. The van der Waals surface area contributed by atoms with Crippen molar-refractivity contribution in [1.29, 1.82) is 0 Å². The van der Waals surface area contributed by atoms with Crippen molar-refractivity contribution in [1.82, 2.24) is 25.5 Å². The predicted octanol–water partition coefficient (Wildman–Crippen LogP) is 2.22. The topological polar surface area (TPSA) is 104 Å². The third-order valence-corrected chi connectivity index (χ3v) is 4.51. The Hall–Kier alpha value is -3.29. The van der Waals surface area contributed by atoms with Gasteiger partial charge in [-0.15, -0.1) is 0 Å². The minimum Gasteiger partial charge on any atom is -0.344 e. The fraction of sp³-hybridized carbons (Fsp3) is 0.263. The van der Waals surface area contributed by atoms with Crippen molar-refractivity contribution in [3.8, 4) is 0 Å². The first-order valence-electron chi connectivity index (χ1n) is 8.74. The molecule has 1 unspecified atom stereocenters. The van der Waals surface area contributed by atoms with Crippen molar-refractivity contribution in [3.05, 3.63) is 81.5 Å². The van der Waals surface area contributed by atoms with Gasteiger partial charge in [0.25, 0.3) is 11.5 Å². The number of hydrogen-bond acceptors (Lipinski definition) is 4. The van der Waals surface area contributed by atoms with Crippen LogP contribution in [-0.4, -0.2) is 26.1 Å². The Morgan fingerprint density at radius 2 is 2.04 bits per heavy atom. The van der Waals surface area contributed by atoms with E-state index in [2.05, 4.69) is 25.5 Å². The van der Waals surface area contributed by atoms with E-state index >= 15 is 0 Å². The van der Waals surface area contributed by atoms with Crippen LogP contribution in [-0.2, 0) is 6.42 Å². The summed E-state index contributed by atoms with van der Waals surface area (Å²) in [6, 6.07) is 8.43. The minimum atomic E-state index is -0.470. The van der Waals surface area contributed by atoms with Gasteiger partial charge in [0.05, 0.1) is 11.7 Å². The van der Waals surface area contributed by atoms with E-state index in [1.807, 2.05) is 0 Å². The summed E-state index contributed by atoms with van der Waals surface area (Å²) in [5.74, 6) is 0.300. The van der Waals surface area contributed by atoms with Crippen LogP contribution in [0.3, 0.4) is 0 Å². The summed E-state index contributed by atoms with van der Waals surface area (Å²) in [5, 5.41) is 9.29. The van der Waals surface area contributed by atoms with E-state index in [-0.39, 0.29) is 17.3 Å². The van der Waals surface area contributed by atoms with Crippen LogP contribution in [0.25, 0.3) is 0 Å². The SMILES string of the molecule is O=C(NC(Cc1cc(=O)[nH]c(C2CC2)n1)c1ccc(F)cc1)c1ccn[nH]1. The molecule has 1 atom stereocenters. The lowest BCUT2D eigenvalue weighted by Gasteiger charge is -2.19. The number of rotatable bonds is 6. The van der Waals surface area contributed by atoms with Gasteiger partial charge in [-0.1, -0.05) is 12.1 Å². The molecule has 0 radical (unpaired) electrons. The van der Waals surface area contributed by atoms with Crippen LogP contribution in [0.15, 0.2) is 47.4 Å². The molecule has 8 heteroatoms. The molecule has 1 aliphatic rings. The van der Waals surface area contributed by atoms with Crippen molar-refractivity contribution in [2.45, 2.75) is 31.2 Å². The van der Waals surface area contributed by atoms with Crippen molar-refractivity contribution >= 4 is 5.91 Å². The summed E-state index contributed by atoms with van der Waals surface area (Å²) in [6.07, 6.45) is 3.84. The second-order valence-electron chi connectivity index (χ2n) is 6.65. The molecular weight excluding hydrogens is 349 g/mol. The summed E-state index contributed by atoms with van der Waals surface area (Å²) in [4.78, 5) is 31.7. The number of amides is 1. The molecule has 2 aromatic heterocycles. The van der Waals surface area contributed by atoms with Crippen molar-refractivity contribution in [2.24, 2.45) is 0 Å². The Balaban J connectivity index is 1.62. The molecule has 3 aromatic rings. The summed E-state index contributed by atoms with van der Waals surface area (Å²) < 4.78 is 13.3. The van der Waals surface area contributed by atoms with Crippen LogP contribution in [0.1, 0.15) is 52.4 Å². The molecule has 3 N–H and O–H groups in total. The van der Waals surface area contributed by atoms with Gasteiger partial charge in [-0.2, -0.15) is 5.10 Å². The van der Waals surface area contributed by atoms with Crippen LogP contribution in [0.4, 0.5) is 4.39 Å². The van der Waals surface area contributed by atoms with Gasteiger partial charge < -0.3 is 10.3 Å². The van der Waals surface area contributed by atoms with Gasteiger partial charge in [-0.3, -0.25) is 14.7 Å². The molecule has 138 valence electrons. The molecule has 1 fully saturated rings. The summed E-state index contributed by atoms with van der Waals surface area (Å²) in [6.45, 7) is 0. The second kappa shape index (κ2) is 7.14. The third kappa shape index (κ3) is 4.11. The van der Waals surface area contributed by atoms with Crippen LogP contribution >= 0.6 is 0 Å². The number of carbonyl (C=O) groups is 1. The van der Waals surface area contributed by atoms with E-state index in [0.29, 0.717) is 29.6 Å². The molecule has 0 bridgehead atoms. The number of nitrogens with one attached hydrogen (secondary N) is 3. The number of hydrogen-bond donors (Lipinski definition) is 3. The van der Waals surface area contributed by atoms with Crippen LogP contribution in [0.2, 0.25) is 0 Å². The van der Waals surface area contributed by atoms with E-state index in [9.17, 15) is 14.0 Å². The van der Waals surface area contributed by atoms with Crippen molar-refractivity contribution < 1.29 is 9.18 Å². The number of carbonyl (C=O) groups excluding carboxylic acids is 1. The monoisotopic (exact) mass is 367 g/mol. The molecule has 1 amide bonds. The summed E-state index contributed by atoms with van der Waals surface area (Å²) in [5.41, 5.74) is 1.42. The molecule has 4 rings (SSSR count). The Morgan fingerprint density at radius 1 is 1.26 bits per heavy atom. The largest absolute Gasteiger partial charge is 0.344 e. The van der Waals surface area contributed by atoms with Crippen molar-refractivity contribution in [2.75, 3.05) is 0 Å². The molecule has 0 spiro atoms. The van der Waals surface area contributed by atoms with Gasteiger partial charge in [-0.25, -0.2) is 9.37 Å². The molecule has 1 saturated carbocycles. The smallest absolute Gasteiger partial charge is 0.269 e. The third-order valence-electron chi connectivity index (χ3n) is 4.51. The lowest BCUT2D eigenvalue weighted by molar-refractivity contribution is 0.0931. The molecule has 1 aliphatic carbocycles. The number of benzene rings is 1. The van der Waals surface area contributed by atoms with Crippen LogP contribution in [0.5, 0.6) is 0 Å². The zero-order valence-corrected chi connectivity index (χ0v) is 14.4. The average Bonchev–Trinajstić information content (AvgIpc) is 3.35. The quantitative estimate of drug-likeness (QED) is 0.621. The van der Waals surface area contributed by atoms with E-state index in [0.717, 1.165) is 18.4 Å². The molecule has 0 saturated heterocycles. The van der Waals surface area contributed by atoms with E-state index < -0.39 is 6.04 Å². The number of halogens is 1. The zero-order chi connectivity index (χ0) is 18.8. The number of nitrogens with zero attached hydrogens (tertiary/aromatic N) is 2. The highest BCUT2D eigenvalue weighted by atomic mass is 19.1. The lowest BCUT2D eigenvalue weighted by atomic mass is 10.0. The van der Waals surface area contributed by atoms with Crippen LogP contribution in [0, 0.1) is 5.82 Å². The molecular formula is C19H18FN5O2. The normalized spacial score (nSPS) is 14.7. The zero-order valence-electron chi connectivity index (χ0n) is 14.4. The Kier molecular flexibility index (Phi) is 4.53. The fourth-order valence-corrected chi connectivity index (χ4v) is 2.96. The number of H-pyrrole nitrogens is 2. The fourth-order valence-electron chi connectivity index (χ4n) is 2.96. The number of aromatic nitrogens is 4. The highest BCUT2D eigenvalue weighted by Crippen LogP contribution is 2.37. The maximum atomic E-state index is 13.3. The highest BCUT2D eigenvalue weighted by Gasteiger charge is 2.27. The minimum absolute atomic E-state index is 0.209. The Labute approximate surface area is 154 Å². The lowest BCUT2D eigenvalue weighted by Crippen LogP contribution is -2.31. The first-order chi connectivity index (χ1) is 13.1.